The number of carbonyl (C=O) groups is 1. The predicted octanol–water partition coefficient (Wildman–Crippen LogP) is 2.38. The molecule has 2 aliphatic rings. The number of carbonyl (C=O) groups excluding carboxylic acids is 1. The predicted molar refractivity (Wildman–Crippen MR) is 139 cm³/mol. The van der Waals surface area contributed by atoms with Gasteiger partial charge in [-0.3, -0.25) is 9.32 Å². The molecule has 2 heterocycles. The minimum Gasteiger partial charge on any atom is -0.462 e. The second-order valence-electron chi connectivity index (χ2n) is 10.2. The van der Waals surface area contributed by atoms with Crippen LogP contribution in [0.25, 0.3) is 11.2 Å². The van der Waals surface area contributed by atoms with Crippen LogP contribution >= 0.6 is 7.75 Å². The SMILES string of the molecule is CC(C)OC(=O)[C@H](C)N[P@@](=O)(Oc1ccccc1)OC1[C@H]2[C@H](C)[C@@H](n3cnc4c(N)nc(N)nc43)[C@@H](F)[C@@]12O. The lowest BCUT2D eigenvalue weighted by atomic mass is 9.98. The van der Waals surface area contributed by atoms with E-state index in [1.165, 1.54) is 17.8 Å². The summed E-state index contributed by atoms with van der Waals surface area (Å²) in [6.45, 7) is 6.54. The molecule has 5 rings (SSSR count). The summed E-state index contributed by atoms with van der Waals surface area (Å²) >= 11 is 0. The van der Waals surface area contributed by atoms with Gasteiger partial charge < -0.3 is 30.4 Å². The summed E-state index contributed by atoms with van der Waals surface area (Å²) in [5.41, 5.74) is 10.1. The molecule has 39 heavy (non-hydrogen) atoms. The van der Waals surface area contributed by atoms with Gasteiger partial charge in [-0.15, -0.1) is 0 Å². The van der Waals surface area contributed by atoms with E-state index in [9.17, 15) is 14.5 Å². The molecule has 0 saturated heterocycles. The molecule has 2 saturated carbocycles. The van der Waals surface area contributed by atoms with Gasteiger partial charge in [-0.05, 0) is 38.8 Å². The number of nitrogens with zero attached hydrogens (tertiary/aromatic N) is 4. The summed E-state index contributed by atoms with van der Waals surface area (Å²) < 4.78 is 48.1. The van der Waals surface area contributed by atoms with Crippen LogP contribution in [0.4, 0.5) is 16.2 Å². The molecule has 0 radical (unpaired) electrons. The highest BCUT2D eigenvalue weighted by Gasteiger charge is 2.80. The van der Waals surface area contributed by atoms with Crippen LogP contribution in [0.1, 0.15) is 33.7 Å². The van der Waals surface area contributed by atoms with E-state index in [2.05, 4.69) is 20.0 Å². The van der Waals surface area contributed by atoms with E-state index in [0.29, 0.717) is 0 Å². The van der Waals surface area contributed by atoms with Gasteiger partial charge in [-0.25, -0.2) is 13.9 Å². The quantitative estimate of drug-likeness (QED) is 0.220. The van der Waals surface area contributed by atoms with E-state index < -0.39 is 61.6 Å². The number of hydrogen-bond donors (Lipinski definition) is 4. The Morgan fingerprint density at radius 2 is 1.92 bits per heavy atom. The molecular formula is C24H31FN7O6P. The van der Waals surface area contributed by atoms with Crippen LogP contribution in [0.2, 0.25) is 0 Å². The van der Waals surface area contributed by atoms with Crippen LogP contribution in [-0.2, 0) is 18.6 Å². The van der Waals surface area contributed by atoms with Crippen LogP contribution < -0.4 is 21.1 Å². The monoisotopic (exact) mass is 563 g/mol. The standard InChI is InChI=1S/C24H31FN7O6P/c1-11(2)36-22(33)13(4)31-39(35,37-14-8-6-5-7-9-14)38-19-15-12(3)17(18(25)24(15,19)34)32-10-28-16-20(26)29-23(27)30-21(16)32/h5-13,15,17-19,34H,1-4H3,(H,31,35)(H4,26,27,29,30)/t12-,13-,15+,17+,18+,19?,24+,39+/m0/s1. The number of nitrogens with one attached hydrogen (secondary N) is 1. The summed E-state index contributed by atoms with van der Waals surface area (Å²) in [7, 11) is -4.32. The fourth-order valence-electron chi connectivity index (χ4n) is 5.37. The largest absolute Gasteiger partial charge is 0.462 e. The maximum Gasteiger partial charge on any atom is 0.459 e. The second kappa shape index (κ2) is 9.70. The van der Waals surface area contributed by atoms with Crippen molar-refractivity contribution in [2.24, 2.45) is 11.8 Å². The Balaban J connectivity index is 1.40. The molecular weight excluding hydrogens is 532 g/mol. The number of para-hydroxylation sites is 1. The fourth-order valence-corrected chi connectivity index (χ4v) is 7.10. The highest BCUT2D eigenvalue weighted by Crippen LogP contribution is 2.68. The number of halogens is 1. The molecule has 1 aromatic carbocycles. The van der Waals surface area contributed by atoms with E-state index in [0.717, 1.165) is 0 Å². The van der Waals surface area contributed by atoms with Crippen molar-refractivity contribution in [2.75, 3.05) is 11.5 Å². The number of rotatable bonds is 9. The number of fused-ring (bicyclic) bond motifs is 2. The molecule has 6 N–H and O–H groups in total. The lowest BCUT2D eigenvalue weighted by Crippen LogP contribution is -2.39. The lowest BCUT2D eigenvalue weighted by molar-refractivity contribution is -0.149. The highest BCUT2D eigenvalue weighted by molar-refractivity contribution is 7.52. The Kier molecular flexibility index (Phi) is 6.78. The first-order valence-corrected chi connectivity index (χ1v) is 14.0. The van der Waals surface area contributed by atoms with E-state index in [1.807, 2.05) is 0 Å². The molecule has 0 aliphatic heterocycles. The molecule has 1 unspecified atom stereocenters. The van der Waals surface area contributed by atoms with Gasteiger partial charge in [0.1, 0.15) is 29.0 Å². The number of hydrogen-bond acceptors (Lipinski definition) is 11. The number of aromatic nitrogens is 4. The smallest absolute Gasteiger partial charge is 0.459 e. The molecule has 13 nitrogen and oxygen atoms in total. The fraction of sp³-hybridized carbons (Fsp3) is 0.500. The first kappa shape index (κ1) is 27.3. The third kappa shape index (κ3) is 4.71. The molecule has 2 aliphatic carbocycles. The van der Waals surface area contributed by atoms with Gasteiger partial charge >= 0.3 is 13.7 Å². The number of ether oxygens (including phenoxy) is 1. The van der Waals surface area contributed by atoms with Gasteiger partial charge in [-0.1, -0.05) is 25.1 Å². The maximum atomic E-state index is 16.0. The second-order valence-corrected chi connectivity index (χ2v) is 11.9. The number of alkyl halides is 1. The lowest BCUT2D eigenvalue weighted by Gasteiger charge is -2.29. The van der Waals surface area contributed by atoms with E-state index in [-0.39, 0.29) is 28.7 Å². The normalized spacial score (nSPS) is 30.1. The van der Waals surface area contributed by atoms with Crippen molar-refractivity contribution >= 4 is 36.6 Å². The van der Waals surface area contributed by atoms with Crippen molar-refractivity contribution in [3.8, 4) is 5.75 Å². The molecule has 0 bridgehead atoms. The van der Waals surface area contributed by atoms with Crippen LogP contribution in [0.15, 0.2) is 36.7 Å². The van der Waals surface area contributed by atoms with Crippen LogP contribution in [0.5, 0.6) is 5.75 Å². The molecule has 15 heteroatoms. The molecule has 8 atom stereocenters. The van der Waals surface area contributed by atoms with Crippen LogP contribution in [0, 0.1) is 11.8 Å². The first-order chi connectivity index (χ1) is 18.4. The van der Waals surface area contributed by atoms with E-state index >= 15 is 4.39 Å². The van der Waals surface area contributed by atoms with Gasteiger partial charge in [0, 0.05) is 5.92 Å². The summed E-state index contributed by atoms with van der Waals surface area (Å²) in [5, 5.41) is 14.0. The third-order valence-corrected chi connectivity index (χ3v) is 8.78. The average Bonchev–Trinajstić information content (AvgIpc) is 3.11. The number of nitrogens with two attached hydrogens (primary N) is 2. The number of aliphatic hydroxyl groups is 1. The zero-order valence-corrected chi connectivity index (χ0v) is 22.7. The first-order valence-electron chi connectivity index (χ1n) is 12.5. The molecule has 3 aromatic rings. The molecule has 0 spiro atoms. The average molecular weight is 564 g/mol. The van der Waals surface area contributed by atoms with Crippen molar-refractivity contribution in [3.05, 3.63) is 36.7 Å². The maximum absolute atomic E-state index is 16.0. The van der Waals surface area contributed by atoms with Gasteiger partial charge in [0.05, 0.1) is 18.5 Å². The molecule has 210 valence electrons. The Morgan fingerprint density at radius 3 is 2.54 bits per heavy atom. The van der Waals surface area contributed by atoms with E-state index in [4.69, 9.17) is 25.3 Å². The number of imidazole rings is 1. The Labute approximate surface area is 223 Å². The van der Waals surface area contributed by atoms with Crippen LogP contribution in [0.3, 0.4) is 0 Å². The Hall–Kier alpha value is -3.32. The van der Waals surface area contributed by atoms with Gasteiger partial charge in [0.2, 0.25) is 5.95 Å². The van der Waals surface area contributed by atoms with Gasteiger partial charge in [0.25, 0.3) is 0 Å². The molecule has 2 aromatic heterocycles. The summed E-state index contributed by atoms with van der Waals surface area (Å²) in [5.74, 6) is -1.79. The summed E-state index contributed by atoms with van der Waals surface area (Å²) in [6, 6.07) is 6.20. The van der Waals surface area contributed by atoms with Crippen molar-refractivity contribution in [2.45, 2.75) is 63.8 Å². The molecule has 0 amide bonds. The zero-order chi connectivity index (χ0) is 28.3. The number of benzene rings is 1. The van der Waals surface area contributed by atoms with Gasteiger partial charge in [-0.2, -0.15) is 15.1 Å². The highest BCUT2D eigenvalue weighted by atomic mass is 31.2. The Bertz CT molecular complexity index is 1440. The van der Waals surface area contributed by atoms with Gasteiger partial charge in [0.15, 0.2) is 17.6 Å². The summed E-state index contributed by atoms with van der Waals surface area (Å²) in [4.78, 5) is 24.6. The minimum absolute atomic E-state index is 0.0533. The number of anilines is 2. The van der Waals surface area contributed by atoms with Crippen molar-refractivity contribution < 1.29 is 32.6 Å². The number of esters is 1. The van der Waals surface area contributed by atoms with Crippen LogP contribution in [-0.4, -0.2) is 60.6 Å². The van der Waals surface area contributed by atoms with Crippen molar-refractivity contribution in [1.29, 1.82) is 0 Å². The topological polar surface area (TPSA) is 190 Å². The minimum atomic E-state index is -4.32. The third-order valence-electron chi connectivity index (χ3n) is 7.12. The summed E-state index contributed by atoms with van der Waals surface area (Å²) in [6.07, 6.45) is -2.07. The van der Waals surface area contributed by atoms with Crippen molar-refractivity contribution in [1.82, 2.24) is 24.6 Å². The van der Waals surface area contributed by atoms with Crippen molar-refractivity contribution in [3.63, 3.8) is 0 Å². The number of nitrogen functional groups attached to an aromatic ring is 2. The molecule has 2 fully saturated rings. The van der Waals surface area contributed by atoms with E-state index in [1.54, 1.807) is 51.1 Å². The Morgan fingerprint density at radius 1 is 1.23 bits per heavy atom. The zero-order valence-electron chi connectivity index (χ0n) is 21.8.